The molecule has 0 amide bonds. The van der Waals surface area contributed by atoms with Crippen LogP contribution in [-0.4, -0.2) is 37.1 Å². The van der Waals surface area contributed by atoms with Crippen molar-refractivity contribution in [3.05, 3.63) is 0 Å². The summed E-state index contributed by atoms with van der Waals surface area (Å²) >= 11 is 0. The summed E-state index contributed by atoms with van der Waals surface area (Å²) in [5.41, 5.74) is 0.00902. The fourth-order valence-electron chi connectivity index (χ4n) is 2.72. The molecule has 3 heteroatoms. The first kappa shape index (κ1) is 12.3. The molecular formula is C13H24O3. The molecule has 0 aromatic heterocycles. The second kappa shape index (κ2) is 5.03. The number of aliphatic hydroxyl groups excluding tert-OH is 1. The molecule has 16 heavy (non-hydrogen) atoms. The number of hydrogen-bond acceptors (Lipinski definition) is 3. The lowest BCUT2D eigenvalue weighted by atomic mass is 9.73. The van der Waals surface area contributed by atoms with Crippen molar-refractivity contribution in [3.63, 3.8) is 0 Å². The molecule has 0 spiro atoms. The van der Waals surface area contributed by atoms with Gasteiger partial charge in [-0.2, -0.15) is 0 Å². The molecule has 1 N–H and O–H groups in total. The lowest BCUT2D eigenvalue weighted by Crippen LogP contribution is -2.45. The summed E-state index contributed by atoms with van der Waals surface area (Å²) in [5.74, 6) is 0.539. The van der Waals surface area contributed by atoms with Crippen LogP contribution in [0.4, 0.5) is 0 Å². The average Bonchev–Trinajstić information content (AvgIpc) is 2.73. The molecule has 1 aliphatic heterocycles. The molecule has 0 aromatic rings. The van der Waals surface area contributed by atoms with E-state index in [9.17, 15) is 5.11 Å². The predicted octanol–water partition coefficient (Wildman–Crippen LogP) is 1.98. The van der Waals surface area contributed by atoms with Crippen molar-refractivity contribution in [1.82, 2.24) is 0 Å². The zero-order valence-corrected chi connectivity index (χ0v) is 10.4. The zero-order valence-electron chi connectivity index (χ0n) is 10.4. The van der Waals surface area contributed by atoms with Gasteiger partial charge in [-0.3, -0.25) is 0 Å². The Bertz CT molecular complexity index is 221. The average molecular weight is 228 g/mol. The van der Waals surface area contributed by atoms with Crippen LogP contribution < -0.4 is 0 Å². The Labute approximate surface area is 98.1 Å². The van der Waals surface area contributed by atoms with E-state index in [-0.39, 0.29) is 17.6 Å². The fraction of sp³-hybridized carbons (Fsp3) is 1.00. The number of rotatable bonds is 3. The summed E-state index contributed by atoms with van der Waals surface area (Å²) < 4.78 is 11.2. The fourth-order valence-corrected chi connectivity index (χ4v) is 2.72. The first-order valence-corrected chi connectivity index (χ1v) is 6.47. The van der Waals surface area contributed by atoms with Crippen LogP contribution in [0, 0.1) is 11.3 Å². The maximum absolute atomic E-state index is 10.2. The Hall–Kier alpha value is -0.120. The maximum Gasteiger partial charge on any atom is 0.0852 e. The van der Waals surface area contributed by atoms with E-state index in [4.69, 9.17) is 9.47 Å². The van der Waals surface area contributed by atoms with Gasteiger partial charge in [0.1, 0.15) is 0 Å². The highest BCUT2D eigenvalue weighted by atomic mass is 16.5. The molecule has 2 fully saturated rings. The molecule has 1 saturated carbocycles. The van der Waals surface area contributed by atoms with Crippen molar-refractivity contribution in [2.45, 2.75) is 51.7 Å². The molecule has 3 unspecified atom stereocenters. The summed E-state index contributed by atoms with van der Waals surface area (Å²) in [7, 11) is 0. The van der Waals surface area contributed by atoms with E-state index in [1.807, 2.05) is 0 Å². The molecule has 0 bridgehead atoms. The van der Waals surface area contributed by atoms with Crippen LogP contribution in [0.2, 0.25) is 0 Å². The Morgan fingerprint density at radius 1 is 1.38 bits per heavy atom. The normalized spacial score (nSPS) is 38.8. The van der Waals surface area contributed by atoms with Crippen LogP contribution in [0.25, 0.3) is 0 Å². The Kier molecular flexibility index (Phi) is 3.88. The molecule has 94 valence electrons. The third-order valence-corrected chi connectivity index (χ3v) is 4.03. The topological polar surface area (TPSA) is 38.7 Å². The van der Waals surface area contributed by atoms with Crippen LogP contribution in [0.15, 0.2) is 0 Å². The van der Waals surface area contributed by atoms with Crippen molar-refractivity contribution in [2.75, 3.05) is 19.8 Å². The first-order chi connectivity index (χ1) is 7.59. The second-order valence-electron chi connectivity index (χ2n) is 5.93. The molecule has 1 heterocycles. The highest BCUT2D eigenvalue weighted by molar-refractivity contribution is 4.89. The van der Waals surface area contributed by atoms with Crippen LogP contribution in [0.1, 0.15) is 39.5 Å². The highest BCUT2D eigenvalue weighted by Crippen LogP contribution is 2.37. The third kappa shape index (κ3) is 2.76. The molecule has 3 atom stereocenters. The van der Waals surface area contributed by atoms with Gasteiger partial charge in [-0.25, -0.2) is 0 Å². The maximum atomic E-state index is 10.2. The van der Waals surface area contributed by atoms with E-state index in [0.29, 0.717) is 5.92 Å². The van der Waals surface area contributed by atoms with Crippen LogP contribution >= 0.6 is 0 Å². The van der Waals surface area contributed by atoms with Crippen LogP contribution in [-0.2, 0) is 9.47 Å². The van der Waals surface area contributed by atoms with E-state index in [0.717, 1.165) is 45.5 Å². The van der Waals surface area contributed by atoms with Gasteiger partial charge in [-0.15, -0.1) is 0 Å². The predicted molar refractivity (Wildman–Crippen MR) is 62.3 cm³/mol. The smallest absolute Gasteiger partial charge is 0.0852 e. The van der Waals surface area contributed by atoms with Gasteiger partial charge in [0.05, 0.1) is 25.4 Å². The van der Waals surface area contributed by atoms with Crippen molar-refractivity contribution in [2.24, 2.45) is 11.3 Å². The molecule has 1 saturated heterocycles. The van der Waals surface area contributed by atoms with Gasteiger partial charge in [0.2, 0.25) is 0 Å². The second-order valence-corrected chi connectivity index (χ2v) is 5.93. The quantitative estimate of drug-likeness (QED) is 0.802. The van der Waals surface area contributed by atoms with Crippen molar-refractivity contribution < 1.29 is 14.6 Å². The highest BCUT2D eigenvalue weighted by Gasteiger charge is 2.38. The van der Waals surface area contributed by atoms with E-state index >= 15 is 0 Å². The SMILES string of the molecule is CC1(C)CCCC(OCC2CCOC2)C1O. The van der Waals surface area contributed by atoms with E-state index in [2.05, 4.69) is 13.8 Å². The van der Waals surface area contributed by atoms with Crippen LogP contribution in [0.5, 0.6) is 0 Å². The summed E-state index contributed by atoms with van der Waals surface area (Å²) in [6.07, 6.45) is 4.08. The van der Waals surface area contributed by atoms with Crippen molar-refractivity contribution >= 4 is 0 Å². The van der Waals surface area contributed by atoms with Gasteiger partial charge in [-0.1, -0.05) is 20.3 Å². The van der Waals surface area contributed by atoms with Crippen molar-refractivity contribution in [1.29, 1.82) is 0 Å². The summed E-state index contributed by atoms with van der Waals surface area (Å²) in [6, 6.07) is 0. The summed E-state index contributed by atoms with van der Waals surface area (Å²) in [5, 5.41) is 10.2. The van der Waals surface area contributed by atoms with Gasteiger partial charge < -0.3 is 14.6 Å². The van der Waals surface area contributed by atoms with E-state index in [1.54, 1.807) is 0 Å². The van der Waals surface area contributed by atoms with Gasteiger partial charge in [0.25, 0.3) is 0 Å². The molecule has 2 aliphatic rings. The Morgan fingerprint density at radius 2 is 2.19 bits per heavy atom. The molecular weight excluding hydrogens is 204 g/mol. The number of ether oxygens (including phenoxy) is 2. The minimum Gasteiger partial charge on any atom is -0.390 e. The molecule has 1 aliphatic carbocycles. The first-order valence-electron chi connectivity index (χ1n) is 6.47. The van der Waals surface area contributed by atoms with E-state index < -0.39 is 0 Å². The van der Waals surface area contributed by atoms with Crippen LogP contribution in [0.3, 0.4) is 0 Å². The lowest BCUT2D eigenvalue weighted by molar-refractivity contribution is -0.118. The van der Waals surface area contributed by atoms with Crippen molar-refractivity contribution in [3.8, 4) is 0 Å². The minimum absolute atomic E-state index is 0.00902. The largest absolute Gasteiger partial charge is 0.390 e. The lowest BCUT2D eigenvalue weighted by Gasteiger charge is -2.40. The monoisotopic (exact) mass is 228 g/mol. The Balaban J connectivity index is 1.79. The van der Waals surface area contributed by atoms with Gasteiger partial charge in [-0.05, 0) is 24.7 Å². The molecule has 2 rings (SSSR count). The number of hydrogen-bond donors (Lipinski definition) is 1. The van der Waals surface area contributed by atoms with Gasteiger partial charge in [0.15, 0.2) is 0 Å². The van der Waals surface area contributed by atoms with E-state index in [1.165, 1.54) is 0 Å². The zero-order chi connectivity index (χ0) is 11.6. The number of aliphatic hydroxyl groups is 1. The Morgan fingerprint density at radius 3 is 2.88 bits per heavy atom. The summed E-state index contributed by atoms with van der Waals surface area (Å²) in [4.78, 5) is 0. The molecule has 0 aromatic carbocycles. The van der Waals surface area contributed by atoms with Gasteiger partial charge in [0, 0.05) is 12.5 Å². The molecule has 0 radical (unpaired) electrons. The van der Waals surface area contributed by atoms with Gasteiger partial charge >= 0.3 is 0 Å². The molecule has 3 nitrogen and oxygen atoms in total. The third-order valence-electron chi connectivity index (χ3n) is 4.03. The standard InChI is InChI=1S/C13H24O3/c1-13(2)6-3-4-11(12(13)14)16-9-10-5-7-15-8-10/h10-12,14H,3-9H2,1-2H3. The summed E-state index contributed by atoms with van der Waals surface area (Å²) in [6.45, 7) is 6.70. The minimum atomic E-state index is -0.316.